The summed E-state index contributed by atoms with van der Waals surface area (Å²) < 4.78 is 6.27. The Hall–Kier alpha value is -1.96. The highest BCUT2D eigenvalue weighted by Crippen LogP contribution is 2.49. The van der Waals surface area contributed by atoms with Crippen LogP contribution in [-0.2, 0) is 12.0 Å². The summed E-state index contributed by atoms with van der Waals surface area (Å²) in [5.41, 5.74) is 5.03. The van der Waals surface area contributed by atoms with Crippen molar-refractivity contribution in [2.24, 2.45) is 0 Å². The number of aromatic hydroxyl groups is 1. The van der Waals surface area contributed by atoms with Crippen LogP contribution in [0.1, 0.15) is 63.1 Å². The van der Waals surface area contributed by atoms with Crippen LogP contribution in [0.5, 0.6) is 11.5 Å². The van der Waals surface area contributed by atoms with Crippen LogP contribution in [0.2, 0.25) is 0 Å². The van der Waals surface area contributed by atoms with Crippen molar-refractivity contribution < 1.29 is 9.84 Å². The van der Waals surface area contributed by atoms with E-state index in [0.29, 0.717) is 5.75 Å². The van der Waals surface area contributed by atoms with Gasteiger partial charge in [-0.3, -0.25) is 0 Å². The number of rotatable bonds is 5. The minimum Gasteiger partial charge on any atom is -0.507 e. The molecular formula is C22H28O2. The van der Waals surface area contributed by atoms with Gasteiger partial charge in [-0.1, -0.05) is 49.9 Å². The van der Waals surface area contributed by atoms with Gasteiger partial charge in [-0.05, 0) is 56.9 Å². The zero-order valence-corrected chi connectivity index (χ0v) is 15.3. The molecule has 0 spiro atoms. The molecule has 0 unspecified atom stereocenters. The van der Waals surface area contributed by atoms with Crippen molar-refractivity contribution in [1.29, 1.82) is 0 Å². The Bertz CT molecular complexity index is 744. The molecule has 2 heteroatoms. The molecular weight excluding hydrogens is 296 g/mol. The van der Waals surface area contributed by atoms with Crippen LogP contribution < -0.4 is 4.74 Å². The van der Waals surface area contributed by atoms with E-state index in [-0.39, 0.29) is 5.60 Å². The van der Waals surface area contributed by atoms with Gasteiger partial charge in [0, 0.05) is 5.56 Å². The average molecular weight is 324 g/mol. The Kier molecular flexibility index (Phi) is 4.58. The second kappa shape index (κ2) is 6.51. The predicted octanol–water partition coefficient (Wildman–Crippen LogP) is 6.12. The highest BCUT2D eigenvalue weighted by Gasteiger charge is 2.34. The number of benzene rings is 2. The van der Waals surface area contributed by atoms with Crippen LogP contribution in [0, 0.1) is 6.92 Å². The summed E-state index contributed by atoms with van der Waals surface area (Å²) in [5.74, 6) is 1.14. The summed E-state index contributed by atoms with van der Waals surface area (Å²) in [5, 5.41) is 10.7. The molecule has 0 fully saturated rings. The zero-order chi connectivity index (χ0) is 17.3. The van der Waals surface area contributed by atoms with Crippen LogP contribution in [0.4, 0.5) is 0 Å². The largest absolute Gasteiger partial charge is 0.507 e. The number of hydrogen-bond donors (Lipinski definition) is 1. The fraction of sp³-hybridized carbons (Fsp3) is 0.455. The van der Waals surface area contributed by atoms with Crippen molar-refractivity contribution >= 4 is 0 Å². The molecule has 0 saturated carbocycles. The van der Waals surface area contributed by atoms with Gasteiger partial charge in [-0.25, -0.2) is 0 Å². The first-order chi connectivity index (χ1) is 11.4. The van der Waals surface area contributed by atoms with E-state index in [4.69, 9.17) is 4.74 Å². The normalized spacial score (nSPS) is 14.7. The van der Waals surface area contributed by atoms with Crippen molar-refractivity contribution in [2.45, 2.75) is 65.4 Å². The first-order valence-corrected chi connectivity index (χ1v) is 9.09. The molecule has 1 aliphatic rings. The predicted molar refractivity (Wildman–Crippen MR) is 99.8 cm³/mol. The molecule has 1 N–H and O–H groups in total. The molecule has 2 aromatic rings. The number of fused-ring (bicyclic) bond motifs is 3. The maximum absolute atomic E-state index is 10.7. The molecule has 1 heterocycles. The number of aryl methyl sites for hydroxylation is 2. The van der Waals surface area contributed by atoms with Crippen LogP contribution in [-0.4, -0.2) is 5.11 Å². The molecule has 1 aliphatic heterocycles. The molecule has 0 aromatic heterocycles. The first-order valence-electron chi connectivity index (χ1n) is 9.09. The molecule has 128 valence electrons. The van der Waals surface area contributed by atoms with E-state index in [0.717, 1.165) is 40.8 Å². The van der Waals surface area contributed by atoms with Gasteiger partial charge in [0.25, 0.3) is 0 Å². The Balaban J connectivity index is 2.00. The molecule has 3 rings (SSSR count). The van der Waals surface area contributed by atoms with E-state index < -0.39 is 0 Å². The quantitative estimate of drug-likeness (QED) is 0.672. The third kappa shape index (κ3) is 3.15. The molecule has 0 radical (unpaired) electrons. The summed E-state index contributed by atoms with van der Waals surface area (Å²) in [6.45, 7) is 8.49. The Morgan fingerprint density at radius 2 is 1.83 bits per heavy atom. The lowest BCUT2D eigenvalue weighted by molar-refractivity contribution is 0.105. The molecule has 2 aromatic carbocycles. The Labute approximate surface area is 145 Å². The van der Waals surface area contributed by atoms with Crippen molar-refractivity contribution in [2.75, 3.05) is 0 Å². The maximum Gasteiger partial charge on any atom is 0.132 e. The van der Waals surface area contributed by atoms with Crippen LogP contribution in [0.25, 0.3) is 11.1 Å². The van der Waals surface area contributed by atoms with E-state index in [1.54, 1.807) is 0 Å². The highest BCUT2D eigenvalue weighted by molar-refractivity contribution is 5.82. The monoisotopic (exact) mass is 324 g/mol. The van der Waals surface area contributed by atoms with E-state index in [2.05, 4.69) is 52.0 Å². The topological polar surface area (TPSA) is 29.5 Å². The van der Waals surface area contributed by atoms with Gasteiger partial charge in [-0.15, -0.1) is 0 Å². The van der Waals surface area contributed by atoms with Crippen molar-refractivity contribution in [1.82, 2.24) is 0 Å². The summed E-state index contributed by atoms with van der Waals surface area (Å²) >= 11 is 0. The molecule has 0 bridgehead atoms. The van der Waals surface area contributed by atoms with Gasteiger partial charge >= 0.3 is 0 Å². The number of phenols is 1. The zero-order valence-electron chi connectivity index (χ0n) is 15.3. The van der Waals surface area contributed by atoms with Gasteiger partial charge in [0.15, 0.2) is 0 Å². The minimum atomic E-state index is -0.386. The third-order valence-corrected chi connectivity index (χ3v) is 4.92. The SMILES string of the molecule is CCCCCCc1cc(O)c2c(c1)OC(C)(C)c1ccc(C)cc1-2. The van der Waals surface area contributed by atoms with Crippen molar-refractivity contribution in [3.63, 3.8) is 0 Å². The smallest absolute Gasteiger partial charge is 0.132 e. The van der Waals surface area contributed by atoms with E-state index in [1.807, 2.05) is 6.07 Å². The minimum absolute atomic E-state index is 0.334. The van der Waals surface area contributed by atoms with Crippen molar-refractivity contribution in [3.05, 3.63) is 47.0 Å². The molecule has 24 heavy (non-hydrogen) atoms. The van der Waals surface area contributed by atoms with E-state index in [1.165, 1.54) is 24.8 Å². The first kappa shape index (κ1) is 16.9. The third-order valence-electron chi connectivity index (χ3n) is 4.92. The average Bonchev–Trinajstić information content (AvgIpc) is 2.50. The van der Waals surface area contributed by atoms with Gasteiger partial charge in [0.2, 0.25) is 0 Å². The van der Waals surface area contributed by atoms with Gasteiger partial charge in [0.1, 0.15) is 17.1 Å². The summed E-state index contributed by atoms with van der Waals surface area (Å²) in [4.78, 5) is 0. The van der Waals surface area contributed by atoms with Crippen LogP contribution >= 0.6 is 0 Å². The molecule has 0 atom stereocenters. The lowest BCUT2D eigenvalue weighted by Crippen LogP contribution is -2.29. The molecule has 0 amide bonds. The highest BCUT2D eigenvalue weighted by atomic mass is 16.5. The number of ether oxygens (including phenoxy) is 1. The van der Waals surface area contributed by atoms with Gasteiger partial charge in [-0.2, -0.15) is 0 Å². The number of hydrogen-bond acceptors (Lipinski definition) is 2. The Morgan fingerprint density at radius 3 is 2.58 bits per heavy atom. The second-order valence-corrected chi connectivity index (χ2v) is 7.46. The summed E-state index contributed by atoms with van der Waals surface area (Å²) in [6.07, 6.45) is 5.90. The van der Waals surface area contributed by atoms with E-state index in [9.17, 15) is 5.11 Å². The number of phenolic OH excluding ortho intramolecular Hbond substituents is 1. The summed E-state index contributed by atoms with van der Waals surface area (Å²) in [7, 11) is 0. The molecule has 0 aliphatic carbocycles. The van der Waals surface area contributed by atoms with Crippen LogP contribution in [0.3, 0.4) is 0 Å². The molecule has 2 nitrogen and oxygen atoms in total. The van der Waals surface area contributed by atoms with Gasteiger partial charge in [0.05, 0.1) is 5.56 Å². The summed E-state index contributed by atoms with van der Waals surface area (Å²) in [6, 6.07) is 10.4. The lowest BCUT2D eigenvalue weighted by Gasteiger charge is -2.35. The van der Waals surface area contributed by atoms with Crippen molar-refractivity contribution in [3.8, 4) is 22.6 Å². The Morgan fingerprint density at radius 1 is 1.04 bits per heavy atom. The fourth-order valence-corrected chi connectivity index (χ4v) is 3.63. The molecule has 0 saturated heterocycles. The standard InChI is InChI=1S/C22H28O2/c1-5-6-7-8-9-16-13-19(23)21-17-12-15(2)10-11-18(17)22(3,4)24-20(21)14-16/h10-14,23H,5-9H2,1-4H3. The fourth-order valence-electron chi connectivity index (χ4n) is 3.63. The van der Waals surface area contributed by atoms with E-state index >= 15 is 0 Å². The number of unbranched alkanes of at least 4 members (excludes halogenated alkanes) is 3. The van der Waals surface area contributed by atoms with Gasteiger partial charge < -0.3 is 9.84 Å². The lowest BCUT2D eigenvalue weighted by atomic mass is 9.84. The van der Waals surface area contributed by atoms with Crippen LogP contribution in [0.15, 0.2) is 30.3 Å². The second-order valence-electron chi connectivity index (χ2n) is 7.46. The maximum atomic E-state index is 10.7.